The molecule has 0 spiro atoms. The molecular weight excluding hydrogens is 264 g/mol. The van der Waals surface area contributed by atoms with Gasteiger partial charge in [0, 0.05) is 13.2 Å². The Morgan fingerprint density at radius 1 is 1.16 bits per heavy atom. The van der Waals surface area contributed by atoms with Crippen molar-refractivity contribution in [1.82, 2.24) is 0 Å². The van der Waals surface area contributed by atoms with Crippen molar-refractivity contribution in [2.45, 2.75) is 31.1 Å². The highest BCUT2D eigenvalue weighted by Crippen LogP contribution is 2.28. The lowest BCUT2D eigenvalue weighted by molar-refractivity contribution is 0.111. The molecule has 0 radical (unpaired) electrons. The molecule has 0 heterocycles. The lowest BCUT2D eigenvalue weighted by atomic mass is 10.2. The number of ether oxygens (including phenoxy) is 1. The zero-order valence-corrected chi connectivity index (χ0v) is 12.0. The molecule has 1 fully saturated rings. The number of aryl methyl sites for hydroxylation is 1. The van der Waals surface area contributed by atoms with Gasteiger partial charge in [0.05, 0.1) is 11.5 Å². The quantitative estimate of drug-likeness (QED) is 0.544. The van der Waals surface area contributed by atoms with Crippen LogP contribution in [-0.4, -0.2) is 28.2 Å². The highest BCUT2D eigenvalue weighted by Gasteiger charge is 2.21. The van der Waals surface area contributed by atoms with E-state index in [0.717, 1.165) is 18.1 Å². The maximum atomic E-state index is 11.8. The maximum absolute atomic E-state index is 11.8. The average molecular weight is 284 g/mol. The summed E-state index contributed by atoms with van der Waals surface area (Å²) in [4.78, 5) is 0.206. The van der Waals surface area contributed by atoms with Crippen molar-refractivity contribution >= 4 is 10.1 Å². The summed E-state index contributed by atoms with van der Waals surface area (Å²) >= 11 is 0. The molecule has 0 unspecified atom stereocenters. The molecule has 0 atom stereocenters. The molecule has 0 aliphatic heterocycles. The molecule has 2 rings (SSSR count). The lowest BCUT2D eigenvalue weighted by Crippen LogP contribution is -2.09. The van der Waals surface area contributed by atoms with Crippen LogP contribution >= 0.6 is 0 Å². The molecule has 0 saturated heterocycles. The predicted molar refractivity (Wildman–Crippen MR) is 72.5 cm³/mol. The zero-order chi connectivity index (χ0) is 13.7. The molecule has 1 aromatic carbocycles. The summed E-state index contributed by atoms with van der Waals surface area (Å²) in [5, 5.41) is 0. The van der Waals surface area contributed by atoms with Gasteiger partial charge in [-0.15, -0.1) is 0 Å². The minimum Gasteiger partial charge on any atom is -0.381 e. The molecule has 0 amide bonds. The third-order valence-corrected chi connectivity index (χ3v) is 4.36. The van der Waals surface area contributed by atoms with Crippen molar-refractivity contribution in [3.05, 3.63) is 29.8 Å². The Balaban J connectivity index is 1.69. The van der Waals surface area contributed by atoms with Crippen molar-refractivity contribution in [1.29, 1.82) is 0 Å². The van der Waals surface area contributed by atoms with Gasteiger partial charge in [-0.2, -0.15) is 8.42 Å². The molecule has 1 saturated carbocycles. The van der Waals surface area contributed by atoms with Crippen LogP contribution in [0.2, 0.25) is 0 Å². The fourth-order valence-electron chi connectivity index (χ4n) is 1.64. The van der Waals surface area contributed by atoms with Crippen LogP contribution in [0.15, 0.2) is 29.2 Å². The molecule has 1 aliphatic carbocycles. The fraction of sp³-hybridized carbons (Fsp3) is 0.571. The molecule has 0 aromatic heterocycles. The Labute approximate surface area is 114 Å². The smallest absolute Gasteiger partial charge is 0.296 e. The molecular formula is C14H20O4S. The minimum atomic E-state index is -3.62. The average Bonchev–Trinajstić information content (AvgIpc) is 3.18. The van der Waals surface area contributed by atoms with Gasteiger partial charge in [0.2, 0.25) is 0 Å². The summed E-state index contributed by atoms with van der Waals surface area (Å²) < 4.78 is 34.1. The molecule has 0 N–H and O–H groups in total. The Hall–Kier alpha value is -0.910. The van der Waals surface area contributed by atoms with E-state index in [1.165, 1.54) is 12.8 Å². The van der Waals surface area contributed by atoms with Crippen LogP contribution in [0.4, 0.5) is 0 Å². The highest BCUT2D eigenvalue weighted by atomic mass is 32.2. The summed E-state index contributed by atoms with van der Waals surface area (Å²) in [7, 11) is -3.62. The predicted octanol–water partition coefficient (Wildman–Crippen LogP) is 2.52. The first kappa shape index (κ1) is 14.5. The first-order chi connectivity index (χ1) is 9.08. The standard InChI is InChI=1S/C14H20O4S/c1-12-3-7-14(8-4-12)19(15,16)18-10-2-9-17-11-13-5-6-13/h3-4,7-8,13H,2,5-6,9-11H2,1H3. The monoisotopic (exact) mass is 284 g/mol. The summed E-state index contributed by atoms with van der Waals surface area (Å²) in [6, 6.07) is 6.65. The van der Waals surface area contributed by atoms with E-state index >= 15 is 0 Å². The first-order valence-electron chi connectivity index (χ1n) is 6.62. The molecule has 19 heavy (non-hydrogen) atoms. The van der Waals surface area contributed by atoms with Crippen LogP contribution in [0, 0.1) is 12.8 Å². The van der Waals surface area contributed by atoms with Crippen LogP contribution in [0.25, 0.3) is 0 Å². The highest BCUT2D eigenvalue weighted by molar-refractivity contribution is 7.86. The lowest BCUT2D eigenvalue weighted by Gasteiger charge is -2.06. The van der Waals surface area contributed by atoms with Crippen molar-refractivity contribution in [3.8, 4) is 0 Å². The number of hydrogen-bond acceptors (Lipinski definition) is 4. The number of hydrogen-bond donors (Lipinski definition) is 0. The van der Waals surface area contributed by atoms with E-state index in [2.05, 4.69) is 0 Å². The van der Waals surface area contributed by atoms with Crippen molar-refractivity contribution in [3.63, 3.8) is 0 Å². The Morgan fingerprint density at radius 3 is 2.47 bits per heavy atom. The van der Waals surface area contributed by atoms with E-state index < -0.39 is 10.1 Å². The normalized spacial score (nSPS) is 15.6. The zero-order valence-electron chi connectivity index (χ0n) is 11.2. The second kappa shape index (κ2) is 6.50. The molecule has 5 heteroatoms. The van der Waals surface area contributed by atoms with Gasteiger partial charge in [0.1, 0.15) is 0 Å². The van der Waals surface area contributed by atoms with Gasteiger partial charge in [0.25, 0.3) is 10.1 Å². The van der Waals surface area contributed by atoms with Gasteiger partial charge in [-0.25, -0.2) is 0 Å². The summed E-state index contributed by atoms with van der Waals surface area (Å²) in [6.07, 6.45) is 3.12. The van der Waals surface area contributed by atoms with E-state index in [1.54, 1.807) is 24.3 Å². The van der Waals surface area contributed by atoms with Gasteiger partial charge < -0.3 is 4.74 Å². The Morgan fingerprint density at radius 2 is 1.84 bits per heavy atom. The van der Waals surface area contributed by atoms with E-state index in [9.17, 15) is 8.42 Å². The largest absolute Gasteiger partial charge is 0.381 e. The number of rotatable bonds is 8. The second-order valence-corrected chi connectivity index (χ2v) is 6.58. The first-order valence-corrected chi connectivity index (χ1v) is 8.02. The van der Waals surface area contributed by atoms with Crippen LogP contribution in [0.1, 0.15) is 24.8 Å². The molecule has 1 aliphatic rings. The Kier molecular flexibility index (Phi) is 4.96. The van der Waals surface area contributed by atoms with Gasteiger partial charge in [-0.1, -0.05) is 17.7 Å². The third-order valence-electron chi connectivity index (χ3n) is 3.03. The van der Waals surface area contributed by atoms with Gasteiger partial charge in [-0.3, -0.25) is 4.18 Å². The fourth-order valence-corrected chi connectivity index (χ4v) is 2.58. The van der Waals surface area contributed by atoms with Crippen molar-refractivity contribution in [2.75, 3.05) is 19.8 Å². The van der Waals surface area contributed by atoms with Crippen molar-refractivity contribution < 1.29 is 17.3 Å². The van der Waals surface area contributed by atoms with Crippen LogP contribution in [0.5, 0.6) is 0 Å². The van der Waals surface area contributed by atoms with E-state index in [-0.39, 0.29) is 11.5 Å². The van der Waals surface area contributed by atoms with E-state index in [1.807, 2.05) is 6.92 Å². The molecule has 1 aromatic rings. The maximum Gasteiger partial charge on any atom is 0.296 e. The summed E-state index contributed by atoms with van der Waals surface area (Å²) in [5.41, 5.74) is 1.02. The minimum absolute atomic E-state index is 0.168. The SMILES string of the molecule is Cc1ccc(S(=O)(=O)OCCCOCC2CC2)cc1. The molecule has 106 valence electrons. The van der Waals surface area contributed by atoms with Crippen LogP contribution in [0.3, 0.4) is 0 Å². The number of benzene rings is 1. The molecule has 4 nitrogen and oxygen atoms in total. The summed E-state index contributed by atoms with van der Waals surface area (Å²) in [6.45, 7) is 3.43. The van der Waals surface area contributed by atoms with E-state index in [4.69, 9.17) is 8.92 Å². The third kappa shape index (κ3) is 4.93. The van der Waals surface area contributed by atoms with E-state index in [0.29, 0.717) is 13.0 Å². The van der Waals surface area contributed by atoms with Crippen LogP contribution in [-0.2, 0) is 19.0 Å². The summed E-state index contributed by atoms with van der Waals surface area (Å²) in [5.74, 6) is 0.734. The van der Waals surface area contributed by atoms with Crippen LogP contribution < -0.4 is 0 Å². The second-order valence-electron chi connectivity index (χ2n) is 4.96. The van der Waals surface area contributed by atoms with Crippen molar-refractivity contribution in [2.24, 2.45) is 5.92 Å². The Bertz CT molecular complexity index is 489. The van der Waals surface area contributed by atoms with Gasteiger partial charge in [0.15, 0.2) is 0 Å². The van der Waals surface area contributed by atoms with Gasteiger partial charge in [-0.05, 0) is 44.2 Å². The van der Waals surface area contributed by atoms with Gasteiger partial charge >= 0.3 is 0 Å². The molecule has 0 bridgehead atoms. The topological polar surface area (TPSA) is 52.6 Å².